The summed E-state index contributed by atoms with van der Waals surface area (Å²) in [7, 11) is 0. The molecule has 1 unspecified atom stereocenters. The molecule has 0 bridgehead atoms. The number of nitrogens with zero attached hydrogens (tertiary/aromatic N) is 2. The molecule has 2 saturated heterocycles. The van der Waals surface area contributed by atoms with Crippen molar-refractivity contribution in [2.45, 2.75) is 25.9 Å². The van der Waals surface area contributed by atoms with E-state index in [0.717, 1.165) is 0 Å². The minimum absolute atomic E-state index is 0.0960. The fourth-order valence-electron chi connectivity index (χ4n) is 3.06. The monoisotopic (exact) mass is 349 g/mol. The number of benzene rings is 1. The number of carbonyl (C=O) groups excluding carboxylic acids is 3. The van der Waals surface area contributed by atoms with Crippen molar-refractivity contribution in [1.82, 2.24) is 5.32 Å². The zero-order valence-corrected chi connectivity index (χ0v) is 14.0. The smallest absolute Gasteiger partial charge is 0.414 e. The Kier molecular flexibility index (Phi) is 4.87. The van der Waals surface area contributed by atoms with Gasteiger partial charge in [0.25, 0.3) is 0 Å². The van der Waals surface area contributed by atoms with E-state index in [4.69, 9.17) is 4.74 Å². The van der Waals surface area contributed by atoms with Crippen LogP contribution in [0.1, 0.15) is 19.8 Å². The maximum absolute atomic E-state index is 14.5. The number of halogens is 1. The Bertz CT molecular complexity index is 709. The average Bonchev–Trinajstić information content (AvgIpc) is 2.94. The van der Waals surface area contributed by atoms with E-state index in [2.05, 4.69) is 5.32 Å². The molecule has 0 radical (unpaired) electrons. The number of nitrogens with one attached hydrogen (secondary N) is 1. The van der Waals surface area contributed by atoms with Crippen LogP contribution in [0.4, 0.5) is 20.6 Å². The van der Waals surface area contributed by atoms with Crippen LogP contribution in [-0.2, 0) is 14.3 Å². The van der Waals surface area contributed by atoms with Gasteiger partial charge in [0.1, 0.15) is 11.9 Å². The van der Waals surface area contributed by atoms with Crippen LogP contribution in [0.2, 0.25) is 0 Å². The summed E-state index contributed by atoms with van der Waals surface area (Å²) in [6.45, 7) is 2.68. The van der Waals surface area contributed by atoms with E-state index in [1.54, 1.807) is 17.0 Å². The van der Waals surface area contributed by atoms with E-state index in [0.29, 0.717) is 30.8 Å². The molecule has 7 nitrogen and oxygen atoms in total. The normalized spacial score (nSPS) is 20.6. The maximum atomic E-state index is 14.5. The Morgan fingerprint density at radius 1 is 1.40 bits per heavy atom. The Morgan fingerprint density at radius 3 is 2.88 bits per heavy atom. The highest BCUT2D eigenvalue weighted by molar-refractivity contribution is 5.90. The Morgan fingerprint density at radius 2 is 2.20 bits per heavy atom. The van der Waals surface area contributed by atoms with Crippen LogP contribution >= 0.6 is 0 Å². The first kappa shape index (κ1) is 17.2. The summed E-state index contributed by atoms with van der Waals surface area (Å²) in [5.41, 5.74) is 0.749. The van der Waals surface area contributed by atoms with Crippen molar-refractivity contribution in [2.75, 3.05) is 36.0 Å². The lowest BCUT2D eigenvalue weighted by Gasteiger charge is -2.28. The minimum atomic E-state index is -0.573. The number of ether oxygens (including phenoxy) is 1. The lowest BCUT2D eigenvalue weighted by molar-refractivity contribution is -0.119. The van der Waals surface area contributed by atoms with Crippen LogP contribution in [0.3, 0.4) is 0 Å². The van der Waals surface area contributed by atoms with E-state index in [-0.39, 0.29) is 31.3 Å². The van der Waals surface area contributed by atoms with Crippen molar-refractivity contribution in [2.24, 2.45) is 0 Å². The average molecular weight is 349 g/mol. The predicted molar refractivity (Wildman–Crippen MR) is 89.2 cm³/mol. The summed E-state index contributed by atoms with van der Waals surface area (Å²) in [6.07, 6.45) is 0.198. The zero-order chi connectivity index (χ0) is 18.0. The van der Waals surface area contributed by atoms with Crippen molar-refractivity contribution in [3.8, 4) is 0 Å². The van der Waals surface area contributed by atoms with E-state index in [1.165, 1.54) is 17.9 Å². The quantitative estimate of drug-likeness (QED) is 0.890. The van der Waals surface area contributed by atoms with E-state index in [1.807, 2.05) is 0 Å². The minimum Gasteiger partial charge on any atom is -0.442 e. The molecular formula is C17H20FN3O4. The summed E-state index contributed by atoms with van der Waals surface area (Å²) in [5.74, 6) is -0.593. The molecule has 1 N–H and O–H groups in total. The molecule has 0 saturated carbocycles. The number of amides is 2. The van der Waals surface area contributed by atoms with Crippen molar-refractivity contribution in [3.05, 3.63) is 24.0 Å². The zero-order valence-electron chi connectivity index (χ0n) is 14.0. The molecule has 134 valence electrons. The van der Waals surface area contributed by atoms with Crippen LogP contribution in [0, 0.1) is 5.82 Å². The Hall–Kier alpha value is -2.64. The van der Waals surface area contributed by atoms with E-state index in [9.17, 15) is 18.8 Å². The van der Waals surface area contributed by atoms with Crippen molar-refractivity contribution in [3.63, 3.8) is 0 Å². The molecule has 1 atom stereocenters. The van der Waals surface area contributed by atoms with Gasteiger partial charge in [0.05, 0.1) is 31.0 Å². The SMILES string of the molecule is CC(=O)NCC1CN(c2ccc(N3CCCC(=O)C3)c(F)c2)C(=O)O1. The third-order valence-electron chi connectivity index (χ3n) is 4.29. The topological polar surface area (TPSA) is 79.0 Å². The number of piperidine rings is 1. The second-order valence-electron chi connectivity index (χ2n) is 6.25. The molecule has 3 rings (SSSR count). The van der Waals surface area contributed by atoms with Gasteiger partial charge in [-0.05, 0) is 24.6 Å². The summed E-state index contributed by atoms with van der Waals surface area (Å²) < 4.78 is 19.7. The summed E-state index contributed by atoms with van der Waals surface area (Å²) in [6, 6.07) is 4.49. The molecule has 2 aliphatic rings. The van der Waals surface area contributed by atoms with Crippen LogP contribution in [0.15, 0.2) is 18.2 Å². The van der Waals surface area contributed by atoms with Crippen molar-refractivity contribution in [1.29, 1.82) is 0 Å². The van der Waals surface area contributed by atoms with Gasteiger partial charge >= 0.3 is 6.09 Å². The number of hydrogen-bond acceptors (Lipinski definition) is 5. The lowest BCUT2D eigenvalue weighted by atomic mass is 10.1. The van der Waals surface area contributed by atoms with Gasteiger partial charge in [0.15, 0.2) is 5.78 Å². The first-order chi connectivity index (χ1) is 11.9. The molecule has 25 heavy (non-hydrogen) atoms. The highest BCUT2D eigenvalue weighted by Gasteiger charge is 2.33. The van der Waals surface area contributed by atoms with Crippen molar-refractivity contribution >= 4 is 29.2 Å². The molecule has 1 aromatic carbocycles. The number of rotatable bonds is 4. The molecule has 2 aliphatic heterocycles. The number of hydrogen-bond donors (Lipinski definition) is 1. The highest BCUT2D eigenvalue weighted by Crippen LogP contribution is 2.29. The van der Waals surface area contributed by atoms with Gasteiger partial charge in [-0.15, -0.1) is 0 Å². The number of cyclic esters (lactones) is 1. The van der Waals surface area contributed by atoms with Gasteiger partial charge in [-0.2, -0.15) is 0 Å². The molecule has 1 aromatic rings. The van der Waals surface area contributed by atoms with E-state index < -0.39 is 18.0 Å². The first-order valence-corrected chi connectivity index (χ1v) is 8.23. The Balaban J connectivity index is 1.71. The number of Topliss-reactive ketones (excluding diaryl/α,β-unsaturated/α-hetero) is 1. The molecular weight excluding hydrogens is 329 g/mol. The van der Waals surface area contributed by atoms with Crippen LogP contribution in [0.25, 0.3) is 0 Å². The molecule has 0 aromatic heterocycles. The largest absolute Gasteiger partial charge is 0.442 e. The number of ketones is 1. The fourth-order valence-corrected chi connectivity index (χ4v) is 3.06. The van der Waals surface area contributed by atoms with Crippen molar-refractivity contribution < 1.29 is 23.5 Å². The fraction of sp³-hybridized carbons (Fsp3) is 0.471. The standard InChI is InChI=1S/C17H20FN3O4/c1-11(22)19-8-14-10-21(17(24)25-14)12-4-5-16(15(18)7-12)20-6-2-3-13(23)9-20/h4-5,7,14H,2-3,6,8-10H2,1H3,(H,19,22). The molecule has 2 amide bonds. The van der Waals surface area contributed by atoms with Gasteiger partial charge in [-0.25, -0.2) is 9.18 Å². The van der Waals surface area contributed by atoms with Gasteiger partial charge in [0, 0.05) is 19.9 Å². The molecule has 0 aliphatic carbocycles. The molecule has 8 heteroatoms. The Labute approximate surface area is 144 Å². The molecule has 2 heterocycles. The van der Waals surface area contributed by atoms with Gasteiger partial charge in [-0.1, -0.05) is 0 Å². The van der Waals surface area contributed by atoms with Crippen LogP contribution in [-0.4, -0.2) is 50.1 Å². The van der Waals surface area contributed by atoms with Gasteiger partial charge < -0.3 is 15.0 Å². The second-order valence-corrected chi connectivity index (χ2v) is 6.25. The maximum Gasteiger partial charge on any atom is 0.414 e. The second kappa shape index (κ2) is 7.08. The summed E-state index contributed by atoms with van der Waals surface area (Å²) in [4.78, 5) is 37.5. The van der Waals surface area contributed by atoms with Crippen LogP contribution < -0.4 is 15.1 Å². The number of anilines is 2. The molecule has 0 spiro atoms. The first-order valence-electron chi connectivity index (χ1n) is 8.23. The van der Waals surface area contributed by atoms with Gasteiger partial charge in [0.2, 0.25) is 5.91 Å². The number of carbonyl (C=O) groups is 3. The third kappa shape index (κ3) is 3.89. The predicted octanol–water partition coefficient (Wildman–Crippen LogP) is 1.46. The van der Waals surface area contributed by atoms with Crippen LogP contribution in [0.5, 0.6) is 0 Å². The summed E-state index contributed by atoms with van der Waals surface area (Å²) in [5, 5.41) is 2.59. The highest BCUT2D eigenvalue weighted by atomic mass is 19.1. The summed E-state index contributed by atoms with van der Waals surface area (Å²) >= 11 is 0. The van der Waals surface area contributed by atoms with E-state index >= 15 is 0 Å². The third-order valence-corrected chi connectivity index (χ3v) is 4.29. The lowest BCUT2D eigenvalue weighted by Crippen LogP contribution is -2.36. The van der Waals surface area contributed by atoms with Gasteiger partial charge in [-0.3, -0.25) is 14.5 Å². The molecule has 2 fully saturated rings.